The van der Waals surface area contributed by atoms with Crippen LogP contribution in [0, 0.1) is 5.92 Å². The van der Waals surface area contributed by atoms with Crippen molar-refractivity contribution >= 4 is 5.69 Å². The van der Waals surface area contributed by atoms with E-state index in [4.69, 9.17) is 0 Å². The van der Waals surface area contributed by atoms with Gasteiger partial charge in [0.15, 0.2) is 0 Å². The SMILES string of the molecule is CC(Nc1cccc(CN2CCC(CO)CC2)c1)c1cccc(O)c1. The molecular weight excluding hydrogens is 312 g/mol. The quantitative estimate of drug-likeness (QED) is 0.749. The molecule has 1 atom stereocenters. The van der Waals surface area contributed by atoms with E-state index in [2.05, 4.69) is 41.4 Å². The molecule has 3 N–H and O–H groups in total. The zero-order valence-corrected chi connectivity index (χ0v) is 14.9. The Kier molecular flexibility index (Phi) is 5.95. The number of piperidine rings is 1. The number of anilines is 1. The Bertz CT molecular complexity index is 681. The Morgan fingerprint density at radius 1 is 1.12 bits per heavy atom. The number of hydrogen-bond donors (Lipinski definition) is 3. The van der Waals surface area contributed by atoms with Crippen molar-refractivity contribution in [2.75, 3.05) is 25.0 Å². The molecule has 1 saturated heterocycles. The van der Waals surface area contributed by atoms with Crippen LogP contribution in [0.15, 0.2) is 48.5 Å². The van der Waals surface area contributed by atoms with Crippen LogP contribution in [0.25, 0.3) is 0 Å². The second-order valence-corrected chi connectivity index (χ2v) is 7.06. The Hall–Kier alpha value is -2.04. The fourth-order valence-electron chi connectivity index (χ4n) is 3.47. The molecular formula is C21H28N2O2. The molecule has 25 heavy (non-hydrogen) atoms. The van der Waals surface area contributed by atoms with Crippen LogP contribution in [0.5, 0.6) is 5.75 Å². The van der Waals surface area contributed by atoms with E-state index in [9.17, 15) is 10.2 Å². The Balaban J connectivity index is 1.60. The Labute approximate surface area is 150 Å². The molecule has 134 valence electrons. The van der Waals surface area contributed by atoms with E-state index in [0.29, 0.717) is 18.3 Å². The summed E-state index contributed by atoms with van der Waals surface area (Å²) in [4.78, 5) is 2.46. The summed E-state index contributed by atoms with van der Waals surface area (Å²) in [5.74, 6) is 0.776. The highest BCUT2D eigenvalue weighted by Gasteiger charge is 2.18. The van der Waals surface area contributed by atoms with Gasteiger partial charge >= 0.3 is 0 Å². The molecule has 0 aromatic heterocycles. The predicted octanol–water partition coefficient (Wildman–Crippen LogP) is 3.77. The molecule has 0 spiro atoms. The highest BCUT2D eigenvalue weighted by atomic mass is 16.3. The van der Waals surface area contributed by atoms with Crippen LogP contribution in [-0.4, -0.2) is 34.8 Å². The minimum Gasteiger partial charge on any atom is -0.508 e. The van der Waals surface area contributed by atoms with Crippen molar-refractivity contribution < 1.29 is 10.2 Å². The monoisotopic (exact) mass is 340 g/mol. The minimum absolute atomic E-state index is 0.127. The van der Waals surface area contributed by atoms with Gasteiger partial charge in [-0.2, -0.15) is 0 Å². The number of nitrogens with one attached hydrogen (secondary N) is 1. The average molecular weight is 340 g/mol. The molecule has 1 unspecified atom stereocenters. The fraction of sp³-hybridized carbons (Fsp3) is 0.429. The molecule has 1 aliphatic rings. The summed E-state index contributed by atoms with van der Waals surface area (Å²) in [6.45, 7) is 5.49. The molecule has 1 fully saturated rings. The lowest BCUT2D eigenvalue weighted by molar-refractivity contribution is 0.127. The zero-order valence-electron chi connectivity index (χ0n) is 14.9. The highest BCUT2D eigenvalue weighted by molar-refractivity contribution is 5.48. The fourth-order valence-corrected chi connectivity index (χ4v) is 3.47. The van der Waals surface area contributed by atoms with E-state index in [0.717, 1.165) is 43.7 Å². The van der Waals surface area contributed by atoms with Gasteiger partial charge in [-0.15, -0.1) is 0 Å². The van der Waals surface area contributed by atoms with Gasteiger partial charge in [0.2, 0.25) is 0 Å². The molecule has 0 aliphatic carbocycles. The summed E-state index contributed by atoms with van der Waals surface area (Å²) >= 11 is 0. The highest BCUT2D eigenvalue weighted by Crippen LogP contribution is 2.24. The number of benzene rings is 2. The summed E-state index contributed by atoms with van der Waals surface area (Å²) in [6.07, 6.45) is 2.17. The molecule has 2 aromatic carbocycles. The maximum absolute atomic E-state index is 9.64. The van der Waals surface area contributed by atoms with Gasteiger partial charge in [0.25, 0.3) is 0 Å². The van der Waals surface area contributed by atoms with Crippen LogP contribution in [-0.2, 0) is 6.54 Å². The zero-order chi connectivity index (χ0) is 17.6. The second kappa shape index (κ2) is 8.37. The normalized spacial score (nSPS) is 17.4. The first-order valence-electron chi connectivity index (χ1n) is 9.11. The van der Waals surface area contributed by atoms with Gasteiger partial charge in [0, 0.05) is 24.9 Å². The predicted molar refractivity (Wildman–Crippen MR) is 102 cm³/mol. The molecule has 4 nitrogen and oxygen atoms in total. The number of rotatable bonds is 6. The third-order valence-electron chi connectivity index (χ3n) is 5.05. The molecule has 0 amide bonds. The van der Waals surface area contributed by atoms with Gasteiger partial charge in [-0.05, 0) is 74.2 Å². The Morgan fingerprint density at radius 3 is 2.60 bits per heavy atom. The third-order valence-corrected chi connectivity index (χ3v) is 5.05. The number of likely N-dealkylation sites (tertiary alicyclic amines) is 1. The molecule has 2 aromatic rings. The van der Waals surface area contributed by atoms with E-state index >= 15 is 0 Å². The Morgan fingerprint density at radius 2 is 1.88 bits per heavy atom. The number of phenolic OH excluding ortho intramolecular Hbond substituents is 1. The molecule has 3 rings (SSSR count). The number of aliphatic hydroxyl groups is 1. The van der Waals surface area contributed by atoms with Gasteiger partial charge in [0.1, 0.15) is 5.75 Å². The largest absolute Gasteiger partial charge is 0.508 e. The van der Waals surface area contributed by atoms with Crippen molar-refractivity contribution in [3.8, 4) is 5.75 Å². The number of aliphatic hydroxyl groups excluding tert-OH is 1. The first-order valence-corrected chi connectivity index (χ1v) is 9.11. The average Bonchev–Trinajstić information content (AvgIpc) is 2.63. The van der Waals surface area contributed by atoms with Crippen molar-refractivity contribution in [2.45, 2.75) is 32.4 Å². The maximum Gasteiger partial charge on any atom is 0.115 e. The van der Waals surface area contributed by atoms with Gasteiger partial charge in [-0.1, -0.05) is 24.3 Å². The van der Waals surface area contributed by atoms with Crippen molar-refractivity contribution in [1.82, 2.24) is 4.90 Å². The molecule has 0 bridgehead atoms. The topological polar surface area (TPSA) is 55.7 Å². The van der Waals surface area contributed by atoms with E-state index in [1.54, 1.807) is 12.1 Å². The van der Waals surface area contributed by atoms with E-state index in [1.807, 2.05) is 12.1 Å². The van der Waals surface area contributed by atoms with Crippen molar-refractivity contribution in [2.24, 2.45) is 5.92 Å². The molecule has 1 heterocycles. The van der Waals surface area contributed by atoms with Gasteiger partial charge in [-0.25, -0.2) is 0 Å². The molecule has 4 heteroatoms. The summed E-state index contributed by atoms with van der Waals surface area (Å²) < 4.78 is 0. The van der Waals surface area contributed by atoms with Crippen molar-refractivity contribution in [3.63, 3.8) is 0 Å². The van der Waals surface area contributed by atoms with Crippen LogP contribution in [0.1, 0.15) is 36.9 Å². The minimum atomic E-state index is 0.127. The first kappa shape index (κ1) is 17.8. The molecule has 1 aliphatic heterocycles. The van der Waals surface area contributed by atoms with E-state index < -0.39 is 0 Å². The summed E-state index contributed by atoms with van der Waals surface area (Å²) in [5.41, 5.74) is 3.46. The van der Waals surface area contributed by atoms with Crippen LogP contribution in [0.2, 0.25) is 0 Å². The maximum atomic E-state index is 9.64. The lowest BCUT2D eigenvalue weighted by Gasteiger charge is -2.31. The van der Waals surface area contributed by atoms with Crippen LogP contribution in [0.4, 0.5) is 5.69 Å². The number of phenols is 1. The lowest BCUT2D eigenvalue weighted by atomic mass is 9.97. The smallest absolute Gasteiger partial charge is 0.115 e. The number of nitrogens with zero attached hydrogens (tertiary/aromatic N) is 1. The van der Waals surface area contributed by atoms with E-state index in [-0.39, 0.29) is 6.04 Å². The number of hydrogen-bond acceptors (Lipinski definition) is 4. The summed E-state index contributed by atoms with van der Waals surface area (Å²) in [6, 6.07) is 16.1. The second-order valence-electron chi connectivity index (χ2n) is 7.06. The van der Waals surface area contributed by atoms with Crippen molar-refractivity contribution in [3.05, 3.63) is 59.7 Å². The first-order chi connectivity index (χ1) is 12.1. The van der Waals surface area contributed by atoms with E-state index in [1.165, 1.54) is 5.56 Å². The van der Waals surface area contributed by atoms with Crippen LogP contribution >= 0.6 is 0 Å². The number of aromatic hydroxyl groups is 1. The van der Waals surface area contributed by atoms with Gasteiger partial charge in [-0.3, -0.25) is 4.90 Å². The van der Waals surface area contributed by atoms with Gasteiger partial charge < -0.3 is 15.5 Å². The van der Waals surface area contributed by atoms with Crippen LogP contribution < -0.4 is 5.32 Å². The third kappa shape index (κ3) is 4.97. The van der Waals surface area contributed by atoms with Crippen molar-refractivity contribution in [1.29, 1.82) is 0 Å². The lowest BCUT2D eigenvalue weighted by Crippen LogP contribution is -2.34. The van der Waals surface area contributed by atoms with Gasteiger partial charge in [0.05, 0.1) is 0 Å². The standard InChI is InChI=1S/C21H28N2O2/c1-16(19-5-3-7-21(25)13-19)22-20-6-2-4-18(12-20)14-23-10-8-17(15-24)9-11-23/h2-7,12-13,16-17,22,24-25H,8-11,14-15H2,1H3. The molecule has 0 radical (unpaired) electrons. The summed E-state index contributed by atoms with van der Waals surface area (Å²) in [7, 11) is 0. The molecule has 0 saturated carbocycles. The van der Waals surface area contributed by atoms with Crippen LogP contribution in [0.3, 0.4) is 0 Å². The summed E-state index contributed by atoms with van der Waals surface area (Å²) in [5, 5.41) is 22.4.